The van der Waals surface area contributed by atoms with Crippen LogP contribution in [0.5, 0.6) is 0 Å². The summed E-state index contributed by atoms with van der Waals surface area (Å²) in [4.78, 5) is 16.8. The summed E-state index contributed by atoms with van der Waals surface area (Å²) in [6.45, 7) is 1.52. The maximum atomic E-state index is 11.0. The van der Waals surface area contributed by atoms with Crippen LogP contribution in [0, 0.1) is 0 Å². The number of carboxylic acid groups (broad SMARTS) is 1. The van der Waals surface area contributed by atoms with Crippen molar-refractivity contribution in [1.29, 1.82) is 0 Å². The first kappa shape index (κ1) is 12.1. The fourth-order valence-corrected chi connectivity index (χ4v) is 3.29. The van der Waals surface area contributed by atoms with Crippen LogP contribution in [0.15, 0.2) is 19.5 Å². The molecule has 0 spiro atoms. The average Bonchev–Trinajstić information content (AvgIpc) is 2.73. The van der Waals surface area contributed by atoms with Crippen LogP contribution < -0.4 is 0 Å². The Balaban J connectivity index is 2.24. The molecule has 2 heterocycles. The molecule has 0 aromatic carbocycles. The molecule has 1 aliphatic heterocycles. The summed E-state index contributed by atoms with van der Waals surface area (Å²) < 4.78 is 1.88. The van der Waals surface area contributed by atoms with Gasteiger partial charge in [0.15, 0.2) is 0 Å². The van der Waals surface area contributed by atoms with Gasteiger partial charge in [-0.25, -0.2) is 4.79 Å². The zero-order valence-electron chi connectivity index (χ0n) is 8.16. The van der Waals surface area contributed by atoms with E-state index in [1.807, 2.05) is 6.07 Å². The van der Waals surface area contributed by atoms with Crippen molar-refractivity contribution < 1.29 is 14.7 Å². The van der Waals surface area contributed by atoms with Crippen molar-refractivity contribution in [3.8, 4) is 0 Å². The Hall–Kier alpha value is -0.400. The summed E-state index contributed by atoms with van der Waals surface area (Å²) in [5.74, 6) is -0.999. The van der Waals surface area contributed by atoms with Gasteiger partial charge in [0.1, 0.15) is 5.71 Å². The third-order valence-electron chi connectivity index (χ3n) is 2.24. The average molecular weight is 369 g/mol. The van der Waals surface area contributed by atoms with E-state index < -0.39 is 11.6 Å². The number of nitrogens with zero attached hydrogens (tertiary/aromatic N) is 1. The number of halogens is 2. The fourth-order valence-electron chi connectivity index (χ4n) is 1.28. The number of aliphatic carboxylic acids is 1. The molecule has 0 bridgehead atoms. The van der Waals surface area contributed by atoms with E-state index in [0.717, 1.165) is 13.1 Å². The Morgan fingerprint density at radius 1 is 1.69 bits per heavy atom. The second-order valence-electron chi connectivity index (χ2n) is 3.57. The van der Waals surface area contributed by atoms with E-state index in [1.54, 1.807) is 0 Å². The molecular weight excluding hydrogens is 362 g/mol. The topological polar surface area (TPSA) is 58.9 Å². The summed E-state index contributed by atoms with van der Waals surface area (Å²) in [5, 5.41) is 12.8. The van der Waals surface area contributed by atoms with E-state index in [-0.39, 0.29) is 6.42 Å². The summed E-state index contributed by atoms with van der Waals surface area (Å²) in [6.07, 6.45) is 0.279. The first-order valence-electron chi connectivity index (χ1n) is 4.36. The normalized spacial score (nSPS) is 24.1. The molecule has 0 saturated carbocycles. The van der Waals surface area contributed by atoms with E-state index in [1.165, 1.54) is 18.3 Å². The molecule has 0 aliphatic carbocycles. The van der Waals surface area contributed by atoms with Gasteiger partial charge in [0.2, 0.25) is 5.60 Å². The predicted molar refractivity (Wildman–Crippen MR) is 68.0 cm³/mol. The lowest BCUT2D eigenvalue weighted by atomic mass is 10.00. The second-order valence-corrected chi connectivity index (χ2v) is 6.80. The lowest BCUT2D eigenvalue weighted by molar-refractivity contribution is -0.160. The lowest BCUT2D eigenvalue weighted by Gasteiger charge is -2.14. The molecule has 7 heteroatoms. The van der Waals surface area contributed by atoms with Gasteiger partial charge >= 0.3 is 5.97 Å². The first-order valence-corrected chi connectivity index (χ1v) is 6.76. The van der Waals surface area contributed by atoms with Crippen LogP contribution in [-0.4, -0.2) is 22.4 Å². The Kier molecular flexibility index (Phi) is 3.11. The van der Waals surface area contributed by atoms with Gasteiger partial charge in [-0.15, -0.1) is 11.3 Å². The molecule has 1 aromatic rings. The summed E-state index contributed by atoms with van der Waals surface area (Å²) in [6, 6.07) is 1.89. The van der Waals surface area contributed by atoms with Crippen LogP contribution in [0.1, 0.15) is 18.2 Å². The molecule has 0 fully saturated rings. The molecule has 1 unspecified atom stereocenters. The van der Waals surface area contributed by atoms with Crippen molar-refractivity contribution >= 4 is 54.9 Å². The zero-order chi connectivity index (χ0) is 11.9. The van der Waals surface area contributed by atoms with Gasteiger partial charge in [0.05, 0.1) is 8.66 Å². The number of carboxylic acids is 1. The minimum absolute atomic E-state index is 0.279. The third-order valence-corrected chi connectivity index (χ3v) is 5.55. The van der Waals surface area contributed by atoms with Crippen molar-refractivity contribution in [1.82, 2.24) is 0 Å². The Morgan fingerprint density at radius 3 is 2.81 bits per heavy atom. The van der Waals surface area contributed by atoms with Crippen LogP contribution in [0.3, 0.4) is 0 Å². The Labute approximate surface area is 113 Å². The van der Waals surface area contributed by atoms with Crippen LogP contribution in [0.25, 0.3) is 0 Å². The highest BCUT2D eigenvalue weighted by Crippen LogP contribution is 2.36. The van der Waals surface area contributed by atoms with Crippen molar-refractivity contribution in [2.24, 2.45) is 5.16 Å². The van der Waals surface area contributed by atoms with Gasteiger partial charge in [-0.2, -0.15) is 0 Å². The maximum Gasteiger partial charge on any atom is 0.351 e. The number of hydrogen-bond donors (Lipinski definition) is 1. The van der Waals surface area contributed by atoms with E-state index in [2.05, 4.69) is 37.0 Å². The summed E-state index contributed by atoms with van der Waals surface area (Å²) in [5.41, 5.74) is -0.570. The summed E-state index contributed by atoms with van der Waals surface area (Å²) in [7, 11) is 0. The molecule has 1 aliphatic rings. The van der Waals surface area contributed by atoms with Crippen LogP contribution in [-0.2, 0) is 9.63 Å². The van der Waals surface area contributed by atoms with Gasteiger partial charge in [-0.05, 0) is 44.8 Å². The molecule has 1 aromatic heterocycles. The lowest BCUT2D eigenvalue weighted by Crippen LogP contribution is -2.35. The number of carbonyl (C=O) groups is 1. The number of hydrogen-bond acceptors (Lipinski definition) is 4. The van der Waals surface area contributed by atoms with Crippen LogP contribution in [0.2, 0.25) is 0 Å². The molecule has 0 saturated heterocycles. The second kappa shape index (κ2) is 4.12. The standard InChI is InChI=1S/C9H7Br2NO3S/c1-9(8(13)14)3-5(12-15-9)6-2-4(10)7(11)16-6/h2H,3H2,1H3,(H,13,14). The van der Waals surface area contributed by atoms with E-state index >= 15 is 0 Å². The third kappa shape index (κ3) is 2.03. The SMILES string of the molecule is CC1(C(=O)O)CC(c2cc(Br)c(Br)s2)=NO1. The van der Waals surface area contributed by atoms with E-state index in [4.69, 9.17) is 9.94 Å². The number of rotatable bonds is 2. The molecule has 2 rings (SSSR count). The first-order chi connectivity index (χ1) is 7.42. The molecule has 0 radical (unpaired) electrons. The van der Waals surface area contributed by atoms with Gasteiger partial charge < -0.3 is 9.94 Å². The molecule has 86 valence electrons. The monoisotopic (exact) mass is 367 g/mol. The zero-order valence-corrected chi connectivity index (χ0v) is 12.1. The van der Waals surface area contributed by atoms with Crippen molar-refractivity contribution in [3.63, 3.8) is 0 Å². The molecular formula is C9H7Br2NO3S. The highest BCUT2D eigenvalue weighted by Gasteiger charge is 2.42. The largest absolute Gasteiger partial charge is 0.478 e. The number of oxime groups is 1. The maximum absolute atomic E-state index is 11.0. The van der Waals surface area contributed by atoms with Crippen molar-refractivity contribution in [2.45, 2.75) is 18.9 Å². The van der Waals surface area contributed by atoms with Crippen LogP contribution in [0.4, 0.5) is 0 Å². The minimum atomic E-state index is -1.24. The molecule has 16 heavy (non-hydrogen) atoms. The highest BCUT2D eigenvalue weighted by molar-refractivity contribution is 9.13. The van der Waals surface area contributed by atoms with Gasteiger partial charge in [0.25, 0.3) is 0 Å². The van der Waals surface area contributed by atoms with Crippen LogP contribution >= 0.6 is 43.2 Å². The van der Waals surface area contributed by atoms with Crippen molar-refractivity contribution in [2.75, 3.05) is 0 Å². The van der Waals surface area contributed by atoms with E-state index in [0.29, 0.717) is 5.71 Å². The Bertz CT molecular complexity index is 466. The van der Waals surface area contributed by atoms with E-state index in [9.17, 15) is 4.79 Å². The Morgan fingerprint density at radius 2 is 2.38 bits per heavy atom. The smallest absolute Gasteiger partial charge is 0.351 e. The van der Waals surface area contributed by atoms with Gasteiger partial charge in [-0.1, -0.05) is 5.16 Å². The predicted octanol–water partition coefficient (Wildman–Crippen LogP) is 3.24. The van der Waals surface area contributed by atoms with Gasteiger partial charge in [-0.3, -0.25) is 0 Å². The van der Waals surface area contributed by atoms with Crippen molar-refractivity contribution in [3.05, 3.63) is 19.2 Å². The molecule has 1 N–H and O–H groups in total. The molecule has 1 atom stereocenters. The highest BCUT2D eigenvalue weighted by atomic mass is 79.9. The summed E-state index contributed by atoms with van der Waals surface area (Å²) >= 11 is 8.24. The minimum Gasteiger partial charge on any atom is -0.478 e. The number of thiophene rings is 1. The fraction of sp³-hybridized carbons (Fsp3) is 0.333. The quantitative estimate of drug-likeness (QED) is 0.871. The van der Waals surface area contributed by atoms with Gasteiger partial charge in [0, 0.05) is 10.9 Å². The molecule has 0 amide bonds. The molecule has 4 nitrogen and oxygen atoms in total.